The van der Waals surface area contributed by atoms with Crippen molar-refractivity contribution in [3.05, 3.63) is 29.4 Å². The Balaban J connectivity index is 2.39. The van der Waals surface area contributed by atoms with Crippen molar-refractivity contribution in [2.45, 2.75) is 6.42 Å². The summed E-state index contributed by atoms with van der Waals surface area (Å²) >= 11 is 5.93. The lowest BCUT2D eigenvalue weighted by Crippen LogP contribution is -2.00. The molecular formula is C12H9ClN2O. The smallest absolute Gasteiger partial charge is 0.241 e. The maximum absolute atomic E-state index is 5.93. The van der Waals surface area contributed by atoms with Crippen molar-refractivity contribution in [3.63, 3.8) is 0 Å². The highest BCUT2D eigenvalue weighted by atomic mass is 35.5. The molecule has 0 bridgehead atoms. The predicted molar refractivity (Wildman–Crippen MR) is 63.5 cm³/mol. The van der Waals surface area contributed by atoms with Gasteiger partial charge in [-0.25, -0.2) is 0 Å². The van der Waals surface area contributed by atoms with Crippen LogP contribution in [0, 0.1) is 12.3 Å². The normalized spacial score (nSPS) is 10.0. The summed E-state index contributed by atoms with van der Waals surface area (Å²) in [6.07, 6.45) is 5.68. The van der Waals surface area contributed by atoms with E-state index in [1.807, 2.05) is 24.3 Å². The third-order valence-corrected chi connectivity index (χ3v) is 2.37. The van der Waals surface area contributed by atoms with Crippen LogP contribution in [0.25, 0.3) is 10.8 Å². The van der Waals surface area contributed by atoms with Gasteiger partial charge in [0.15, 0.2) is 5.15 Å². The van der Waals surface area contributed by atoms with Gasteiger partial charge < -0.3 is 4.74 Å². The Morgan fingerprint density at radius 3 is 2.75 bits per heavy atom. The molecule has 0 aliphatic carbocycles. The zero-order valence-corrected chi connectivity index (χ0v) is 9.24. The molecule has 0 spiro atoms. The number of ether oxygens (including phenoxy) is 1. The first kappa shape index (κ1) is 10.7. The van der Waals surface area contributed by atoms with Crippen LogP contribution >= 0.6 is 11.6 Å². The van der Waals surface area contributed by atoms with Gasteiger partial charge in [-0.05, 0) is 6.07 Å². The molecular weight excluding hydrogens is 224 g/mol. The lowest BCUT2D eigenvalue weighted by atomic mass is 10.2. The number of terminal acetylenes is 1. The predicted octanol–water partition coefficient (Wildman–Crippen LogP) is 2.69. The quantitative estimate of drug-likeness (QED) is 0.603. The molecule has 0 amide bonds. The summed E-state index contributed by atoms with van der Waals surface area (Å²) < 4.78 is 5.44. The Hall–Kier alpha value is -1.79. The van der Waals surface area contributed by atoms with Crippen LogP contribution in [-0.2, 0) is 0 Å². The Morgan fingerprint density at radius 2 is 2.00 bits per heavy atom. The summed E-state index contributed by atoms with van der Waals surface area (Å²) in [5.41, 5.74) is 0. The topological polar surface area (TPSA) is 35.0 Å². The lowest BCUT2D eigenvalue weighted by Gasteiger charge is -2.06. The first-order valence-electron chi connectivity index (χ1n) is 4.80. The van der Waals surface area contributed by atoms with Crippen LogP contribution in [0.1, 0.15) is 6.42 Å². The van der Waals surface area contributed by atoms with E-state index >= 15 is 0 Å². The second-order valence-corrected chi connectivity index (χ2v) is 3.50. The molecule has 0 fully saturated rings. The second-order valence-electron chi connectivity index (χ2n) is 3.14. The number of hydrogen-bond donors (Lipinski definition) is 0. The summed E-state index contributed by atoms with van der Waals surface area (Å²) in [5.74, 6) is 2.97. The van der Waals surface area contributed by atoms with Crippen LogP contribution < -0.4 is 4.74 Å². The van der Waals surface area contributed by atoms with Gasteiger partial charge in [0.1, 0.15) is 6.61 Å². The minimum Gasteiger partial charge on any atom is -0.475 e. The van der Waals surface area contributed by atoms with Crippen LogP contribution in [0.5, 0.6) is 5.88 Å². The Bertz CT molecular complexity index is 548. The van der Waals surface area contributed by atoms with Crippen LogP contribution in [0.3, 0.4) is 0 Å². The van der Waals surface area contributed by atoms with E-state index in [1.54, 1.807) is 0 Å². The number of fused-ring (bicyclic) bond motifs is 1. The summed E-state index contributed by atoms with van der Waals surface area (Å²) in [6.45, 7) is 0.427. The van der Waals surface area contributed by atoms with Gasteiger partial charge in [-0.15, -0.1) is 22.5 Å². The van der Waals surface area contributed by atoms with Crippen molar-refractivity contribution in [3.8, 4) is 18.2 Å². The maximum atomic E-state index is 5.93. The zero-order valence-electron chi connectivity index (χ0n) is 8.48. The molecule has 1 aromatic heterocycles. The molecule has 3 nitrogen and oxygen atoms in total. The minimum absolute atomic E-state index is 0.375. The summed E-state index contributed by atoms with van der Waals surface area (Å²) in [6, 6.07) is 7.55. The van der Waals surface area contributed by atoms with Gasteiger partial charge >= 0.3 is 0 Å². The number of halogens is 1. The number of benzene rings is 1. The van der Waals surface area contributed by atoms with Gasteiger partial charge in [0.05, 0.1) is 0 Å². The largest absolute Gasteiger partial charge is 0.475 e. The molecule has 0 saturated heterocycles. The van der Waals surface area contributed by atoms with Crippen LogP contribution in [0.15, 0.2) is 24.3 Å². The molecule has 1 heterocycles. The average Bonchev–Trinajstić information content (AvgIpc) is 2.33. The van der Waals surface area contributed by atoms with E-state index in [2.05, 4.69) is 16.1 Å². The highest BCUT2D eigenvalue weighted by Gasteiger charge is 2.07. The second kappa shape index (κ2) is 4.82. The fraction of sp³-hybridized carbons (Fsp3) is 0.167. The SMILES string of the molecule is C#CCCOc1nnc(Cl)c2ccccc12. The van der Waals surface area contributed by atoms with Crippen LogP contribution in [0.4, 0.5) is 0 Å². The Labute approximate surface area is 98.4 Å². The van der Waals surface area contributed by atoms with Gasteiger partial charge in [-0.2, -0.15) is 0 Å². The van der Waals surface area contributed by atoms with Crippen molar-refractivity contribution in [1.29, 1.82) is 0 Å². The maximum Gasteiger partial charge on any atom is 0.241 e. The van der Waals surface area contributed by atoms with E-state index in [-0.39, 0.29) is 0 Å². The van der Waals surface area contributed by atoms with E-state index < -0.39 is 0 Å². The molecule has 4 heteroatoms. The van der Waals surface area contributed by atoms with Crippen molar-refractivity contribution in [1.82, 2.24) is 10.2 Å². The minimum atomic E-state index is 0.375. The van der Waals surface area contributed by atoms with E-state index in [1.165, 1.54) is 0 Å². The van der Waals surface area contributed by atoms with E-state index in [4.69, 9.17) is 22.8 Å². The van der Waals surface area contributed by atoms with E-state index in [9.17, 15) is 0 Å². The number of nitrogens with zero attached hydrogens (tertiary/aromatic N) is 2. The molecule has 0 aliphatic rings. The molecule has 1 aromatic carbocycles. The number of hydrogen-bond acceptors (Lipinski definition) is 3. The number of aromatic nitrogens is 2. The molecule has 0 aliphatic heterocycles. The zero-order chi connectivity index (χ0) is 11.4. The molecule has 80 valence electrons. The molecule has 0 N–H and O–H groups in total. The fourth-order valence-electron chi connectivity index (χ4n) is 1.36. The van der Waals surface area contributed by atoms with E-state index in [0.717, 1.165) is 10.8 Å². The fourth-order valence-corrected chi connectivity index (χ4v) is 1.56. The molecule has 0 unspecified atom stereocenters. The van der Waals surface area contributed by atoms with Crippen molar-refractivity contribution in [2.24, 2.45) is 0 Å². The standard InChI is InChI=1S/C12H9ClN2O/c1-2-3-8-16-12-10-7-5-4-6-9(10)11(13)14-15-12/h1,4-7H,3,8H2. The van der Waals surface area contributed by atoms with Gasteiger partial charge in [0.2, 0.25) is 5.88 Å². The van der Waals surface area contributed by atoms with Crippen molar-refractivity contribution >= 4 is 22.4 Å². The number of rotatable bonds is 3. The van der Waals surface area contributed by atoms with Crippen molar-refractivity contribution in [2.75, 3.05) is 6.61 Å². The summed E-state index contributed by atoms with van der Waals surface area (Å²) in [7, 11) is 0. The van der Waals surface area contributed by atoms with Gasteiger partial charge in [0, 0.05) is 17.2 Å². The summed E-state index contributed by atoms with van der Waals surface area (Å²) in [5, 5.41) is 9.78. The summed E-state index contributed by atoms with van der Waals surface area (Å²) in [4.78, 5) is 0. The first-order chi connectivity index (χ1) is 7.83. The van der Waals surface area contributed by atoms with Gasteiger partial charge in [0.25, 0.3) is 0 Å². The molecule has 16 heavy (non-hydrogen) atoms. The van der Waals surface area contributed by atoms with Crippen molar-refractivity contribution < 1.29 is 4.74 Å². The lowest BCUT2D eigenvalue weighted by molar-refractivity contribution is 0.315. The molecule has 0 radical (unpaired) electrons. The van der Waals surface area contributed by atoms with E-state index in [0.29, 0.717) is 24.1 Å². The highest BCUT2D eigenvalue weighted by molar-refractivity contribution is 6.34. The first-order valence-corrected chi connectivity index (χ1v) is 5.18. The van der Waals surface area contributed by atoms with Gasteiger partial charge in [-0.3, -0.25) is 0 Å². The molecule has 0 saturated carbocycles. The molecule has 2 aromatic rings. The van der Waals surface area contributed by atoms with Crippen LogP contribution in [-0.4, -0.2) is 16.8 Å². The third-order valence-electron chi connectivity index (χ3n) is 2.09. The third kappa shape index (κ3) is 2.07. The monoisotopic (exact) mass is 232 g/mol. The Kier molecular flexibility index (Phi) is 3.23. The van der Waals surface area contributed by atoms with Crippen LogP contribution in [0.2, 0.25) is 5.15 Å². The molecule has 0 atom stereocenters. The molecule has 2 rings (SSSR count). The van der Waals surface area contributed by atoms with Gasteiger partial charge in [-0.1, -0.05) is 29.8 Å². The average molecular weight is 233 g/mol. The Morgan fingerprint density at radius 1 is 1.25 bits per heavy atom. The highest BCUT2D eigenvalue weighted by Crippen LogP contribution is 2.26.